The van der Waals surface area contributed by atoms with Crippen LogP contribution < -0.4 is 5.32 Å². The van der Waals surface area contributed by atoms with Gasteiger partial charge in [-0.25, -0.2) is 9.07 Å². The number of hydrogen-bond donors (Lipinski definition) is 2. The highest BCUT2D eigenvalue weighted by molar-refractivity contribution is 6.07. The fourth-order valence-corrected chi connectivity index (χ4v) is 6.28. The van der Waals surface area contributed by atoms with Gasteiger partial charge in [-0.3, -0.25) is 9.59 Å². The maximum Gasteiger partial charge on any atom is 0.416 e. The Morgan fingerprint density at radius 2 is 1.73 bits per heavy atom. The van der Waals surface area contributed by atoms with E-state index in [1.165, 1.54) is 28.9 Å². The average Bonchev–Trinajstić information content (AvgIpc) is 3.26. The molecular formula is C29H24F4N4O3. The van der Waals surface area contributed by atoms with Gasteiger partial charge < -0.3 is 10.4 Å². The van der Waals surface area contributed by atoms with Crippen LogP contribution in [0.3, 0.4) is 0 Å². The Balaban J connectivity index is 1.32. The van der Waals surface area contributed by atoms with E-state index >= 15 is 0 Å². The third kappa shape index (κ3) is 4.69. The molecule has 4 aromatic rings. The number of nitrogens with zero attached hydrogens (tertiary/aromatic N) is 3. The second-order valence-electron chi connectivity index (χ2n) is 11.0. The lowest BCUT2D eigenvalue weighted by molar-refractivity contribution is -0.161. The molecule has 0 atom stereocenters. The minimum atomic E-state index is -4.45. The molecule has 11 heteroatoms. The molecule has 3 fully saturated rings. The van der Waals surface area contributed by atoms with Crippen molar-refractivity contribution in [3.63, 3.8) is 0 Å². The summed E-state index contributed by atoms with van der Waals surface area (Å²) in [6.07, 6.45) is -1.68. The summed E-state index contributed by atoms with van der Waals surface area (Å²) in [7, 11) is 0. The van der Waals surface area contributed by atoms with E-state index in [1.54, 1.807) is 24.3 Å². The monoisotopic (exact) mass is 552 g/mol. The van der Waals surface area contributed by atoms with Crippen molar-refractivity contribution in [2.75, 3.05) is 0 Å². The van der Waals surface area contributed by atoms with E-state index in [1.807, 2.05) is 0 Å². The molecule has 206 valence electrons. The minimum absolute atomic E-state index is 0.0453. The summed E-state index contributed by atoms with van der Waals surface area (Å²) >= 11 is 0. The lowest BCUT2D eigenvalue weighted by atomic mass is 9.38. The van der Waals surface area contributed by atoms with Crippen LogP contribution >= 0.6 is 0 Å². The van der Waals surface area contributed by atoms with Crippen molar-refractivity contribution in [2.24, 2.45) is 5.41 Å². The normalized spacial score (nSPS) is 21.5. The number of carbonyl (C=O) groups is 2. The van der Waals surface area contributed by atoms with E-state index in [4.69, 9.17) is 5.11 Å². The molecule has 3 aliphatic carbocycles. The Kier molecular flexibility index (Phi) is 5.93. The van der Waals surface area contributed by atoms with Gasteiger partial charge in [0.1, 0.15) is 16.9 Å². The van der Waals surface area contributed by atoms with E-state index in [0.29, 0.717) is 53.4 Å². The van der Waals surface area contributed by atoms with Crippen LogP contribution in [-0.4, -0.2) is 37.5 Å². The molecule has 0 radical (unpaired) electrons. The molecule has 3 aromatic carbocycles. The predicted molar refractivity (Wildman–Crippen MR) is 137 cm³/mol. The highest BCUT2D eigenvalue weighted by atomic mass is 19.4. The van der Waals surface area contributed by atoms with Gasteiger partial charge in [-0.1, -0.05) is 29.5 Å². The smallest absolute Gasteiger partial charge is 0.416 e. The molecule has 2 N–H and O–H groups in total. The second kappa shape index (κ2) is 9.14. The number of benzene rings is 3. The van der Waals surface area contributed by atoms with Crippen LogP contribution in [0.5, 0.6) is 0 Å². The van der Waals surface area contributed by atoms with Gasteiger partial charge in [-0.05, 0) is 84.2 Å². The first kappa shape index (κ1) is 26.0. The summed E-state index contributed by atoms with van der Waals surface area (Å²) in [5.74, 6) is -1.64. The number of halogens is 4. The van der Waals surface area contributed by atoms with Crippen molar-refractivity contribution in [3.05, 3.63) is 83.2 Å². The van der Waals surface area contributed by atoms with Crippen LogP contribution in [0.25, 0.3) is 22.2 Å². The summed E-state index contributed by atoms with van der Waals surface area (Å²) in [6.45, 7) is 0.0810. The molecule has 1 amide bonds. The molecule has 2 bridgehead atoms. The highest BCUT2D eigenvalue weighted by Crippen LogP contribution is 2.69. The van der Waals surface area contributed by atoms with Crippen LogP contribution in [-0.2, 0) is 17.5 Å². The molecule has 0 saturated heterocycles. The molecule has 7 nitrogen and oxygen atoms in total. The van der Waals surface area contributed by atoms with Gasteiger partial charge in [0.05, 0.1) is 17.7 Å². The first-order valence-corrected chi connectivity index (χ1v) is 12.8. The van der Waals surface area contributed by atoms with Gasteiger partial charge in [0.15, 0.2) is 0 Å². The second-order valence-corrected chi connectivity index (χ2v) is 11.0. The summed E-state index contributed by atoms with van der Waals surface area (Å²) in [4.78, 5) is 24.7. The zero-order valence-electron chi connectivity index (χ0n) is 21.1. The standard InChI is InChI=1S/C29H24F4N4O3/c30-21-3-1-2-18(10-21)19-11-22(26(40)34-28-14-27(15-28,16-28)9-8-24(38)39)25-23(12-19)35-36-37(25)13-17-4-6-20(7-5-17)29(31,32)33/h1-7,10-12H,8-9,13-16H2,(H,34,40)(H,38,39). The van der Waals surface area contributed by atoms with E-state index in [9.17, 15) is 27.2 Å². The fraction of sp³-hybridized carbons (Fsp3) is 0.310. The number of hydrogen-bond acceptors (Lipinski definition) is 4. The van der Waals surface area contributed by atoms with E-state index < -0.39 is 29.1 Å². The zero-order valence-corrected chi connectivity index (χ0v) is 21.1. The Bertz CT molecular complexity index is 1630. The third-order valence-electron chi connectivity index (χ3n) is 8.01. The van der Waals surface area contributed by atoms with Gasteiger partial charge in [-0.2, -0.15) is 13.2 Å². The van der Waals surface area contributed by atoms with Crippen LogP contribution in [0.2, 0.25) is 0 Å². The Labute approximate surface area is 225 Å². The number of carbonyl (C=O) groups excluding carboxylic acids is 1. The molecule has 0 spiro atoms. The number of amides is 1. The van der Waals surface area contributed by atoms with Crippen LogP contribution in [0, 0.1) is 11.2 Å². The topological polar surface area (TPSA) is 97.1 Å². The van der Waals surface area contributed by atoms with E-state index in [-0.39, 0.29) is 29.9 Å². The molecule has 3 saturated carbocycles. The number of carboxylic acid groups (broad SMARTS) is 1. The van der Waals surface area contributed by atoms with Crippen molar-refractivity contribution in [3.8, 4) is 11.1 Å². The third-order valence-corrected chi connectivity index (χ3v) is 8.01. The fourth-order valence-electron chi connectivity index (χ4n) is 6.28. The molecule has 40 heavy (non-hydrogen) atoms. The number of fused-ring (bicyclic) bond motifs is 1. The van der Waals surface area contributed by atoms with Crippen molar-refractivity contribution < 1.29 is 32.3 Å². The molecular weight excluding hydrogens is 528 g/mol. The zero-order chi connectivity index (χ0) is 28.3. The number of carboxylic acids is 1. The van der Waals surface area contributed by atoms with Gasteiger partial charge in [0.2, 0.25) is 0 Å². The van der Waals surface area contributed by atoms with Gasteiger partial charge in [0.25, 0.3) is 5.91 Å². The summed E-state index contributed by atoms with van der Waals surface area (Å²) < 4.78 is 54.5. The summed E-state index contributed by atoms with van der Waals surface area (Å²) in [5.41, 5.74) is 1.50. The Morgan fingerprint density at radius 3 is 2.38 bits per heavy atom. The maximum absolute atomic E-state index is 14.0. The molecule has 0 aliphatic heterocycles. The van der Waals surface area contributed by atoms with Crippen molar-refractivity contribution in [1.29, 1.82) is 0 Å². The quantitative estimate of drug-likeness (QED) is 0.269. The number of aliphatic carboxylic acids is 1. The van der Waals surface area contributed by atoms with Crippen molar-refractivity contribution >= 4 is 22.9 Å². The molecule has 7 rings (SSSR count). The summed E-state index contributed by atoms with van der Waals surface area (Å²) in [5, 5.41) is 20.5. The van der Waals surface area contributed by atoms with Crippen molar-refractivity contribution in [1.82, 2.24) is 20.3 Å². The van der Waals surface area contributed by atoms with Crippen LogP contribution in [0.4, 0.5) is 17.6 Å². The van der Waals surface area contributed by atoms with Crippen molar-refractivity contribution in [2.45, 2.75) is 50.4 Å². The number of aromatic nitrogens is 3. The van der Waals surface area contributed by atoms with E-state index in [0.717, 1.165) is 12.1 Å². The largest absolute Gasteiger partial charge is 0.481 e. The lowest BCUT2D eigenvalue weighted by Crippen LogP contribution is -2.74. The minimum Gasteiger partial charge on any atom is -0.481 e. The number of rotatable bonds is 8. The summed E-state index contributed by atoms with van der Waals surface area (Å²) in [6, 6.07) is 14.0. The van der Waals surface area contributed by atoms with Gasteiger partial charge in [0, 0.05) is 12.0 Å². The van der Waals surface area contributed by atoms with Gasteiger partial charge in [-0.15, -0.1) is 5.10 Å². The van der Waals surface area contributed by atoms with Gasteiger partial charge >= 0.3 is 12.1 Å². The average molecular weight is 553 g/mol. The predicted octanol–water partition coefficient (Wildman–Crippen LogP) is 5.82. The first-order chi connectivity index (χ1) is 18.9. The molecule has 0 unspecified atom stereocenters. The SMILES string of the molecule is O=C(O)CCC12CC(NC(=O)c3cc(-c4cccc(F)c4)cc4nnn(Cc5ccc(C(F)(F)F)cc5)c34)(C1)C2. The van der Waals surface area contributed by atoms with E-state index in [2.05, 4.69) is 15.6 Å². The van der Waals surface area contributed by atoms with Crippen LogP contribution in [0.15, 0.2) is 60.7 Å². The Hall–Kier alpha value is -4.28. The first-order valence-electron chi connectivity index (χ1n) is 12.8. The highest BCUT2D eigenvalue weighted by Gasteiger charge is 2.67. The number of alkyl halides is 3. The maximum atomic E-state index is 14.0. The lowest BCUT2D eigenvalue weighted by Gasteiger charge is -2.71. The number of nitrogens with one attached hydrogen (secondary N) is 1. The van der Waals surface area contributed by atoms with Crippen LogP contribution in [0.1, 0.15) is 53.6 Å². The molecule has 1 aromatic heterocycles. The molecule has 3 aliphatic rings. The molecule has 1 heterocycles. The Morgan fingerprint density at radius 1 is 1.00 bits per heavy atom.